The van der Waals surface area contributed by atoms with Gasteiger partial charge in [0.25, 0.3) is 0 Å². The van der Waals surface area contributed by atoms with Gasteiger partial charge in [-0.15, -0.1) is 0 Å². The number of carbonyl (C=O) groups excluding carboxylic acids is 5. The molecule has 0 saturated carbocycles. The molecule has 0 bridgehead atoms. The quantitative estimate of drug-likeness (QED) is 0.150. The largest absolute Gasteiger partial charge is 0.455 e. The third-order valence-electron chi connectivity index (χ3n) is 9.60. The Hall–Kier alpha value is -4.59. The first kappa shape index (κ1) is 45.9. The molecule has 3 aromatic carbocycles. The molecule has 1 amide bonds. The van der Waals surface area contributed by atoms with E-state index in [1.165, 1.54) is 46.4 Å². The number of esters is 4. The van der Waals surface area contributed by atoms with Gasteiger partial charge < -0.3 is 52.7 Å². The lowest BCUT2D eigenvalue weighted by molar-refractivity contribution is -0.384. The molecule has 3 aliphatic rings. The van der Waals surface area contributed by atoms with E-state index >= 15 is 0 Å². The normalized spacial score (nSPS) is 28.4. The summed E-state index contributed by atoms with van der Waals surface area (Å²) in [5.74, 6) is -2.50. The number of hydrogen-bond acceptors (Lipinski definition) is 16. The average molecular weight is 886 g/mol. The smallest absolute Gasteiger partial charge is 0.303 e. The summed E-state index contributed by atoms with van der Waals surface area (Å²) >= 11 is 7.79. The monoisotopic (exact) mass is 885 g/mol. The number of rotatable bonds is 15. The third-order valence-corrected chi connectivity index (χ3v) is 11.0. The molecule has 0 aromatic heterocycles. The van der Waals surface area contributed by atoms with Crippen LogP contribution in [0.2, 0.25) is 5.02 Å². The van der Waals surface area contributed by atoms with Crippen LogP contribution in [0.15, 0.2) is 78.9 Å². The van der Waals surface area contributed by atoms with E-state index in [4.69, 9.17) is 59.0 Å². The van der Waals surface area contributed by atoms with E-state index in [0.29, 0.717) is 27.6 Å². The van der Waals surface area contributed by atoms with Crippen molar-refractivity contribution in [3.8, 4) is 0 Å². The van der Waals surface area contributed by atoms with Crippen LogP contribution in [0.3, 0.4) is 0 Å². The fourth-order valence-electron chi connectivity index (χ4n) is 7.18. The lowest BCUT2D eigenvalue weighted by atomic mass is 9.95. The zero-order valence-electron chi connectivity index (χ0n) is 34.1. The summed E-state index contributed by atoms with van der Waals surface area (Å²) in [6, 6.07) is 23.7. The highest BCUT2D eigenvalue weighted by molar-refractivity contribution is 7.98. The molecular formula is C43H48ClNO15S. The van der Waals surface area contributed by atoms with Gasteiger partial charge in [0.05, 0.1) is 30.0 Å². The van der Waals surface area contributed by atoms with E-state index < -0.39 is 91.6 Å². The van der Waals surface area contributed by atoms with Crippen molar-refractivity contribution < 1.29 is 71.3 Å². The maximum atomic E-state index is 12.9. The van der Waals surface area contributed by atoms with Crippen LogP contribution in [0, 0.1) is 0 Å². The van der Waals surface area contributed by atoms with Gasteiger partial charge in [0.2, 0.25) is 5.91 Å². The number of anilines is 1. The second-order valence-electron chi connectivity index (χ2n) is 14.5. The fourth-order valence-corrected chi connectivity index (χ4v) is 8.39. The Labute approximate surface area is 362 Å². The summed E-state index contributed by atoms with van der Waals surface area (Å²) in [5.41, 5.74) is 2.65. The zero-order chi connectivity index (χ0) is 43.6. The molecule has 11 atom stereocenters. The zero-order valence-corrected chi connectivity index (χ0v) is 35.7. The third kappa shape index (κ3) is 12.5. The second kappa shape index (κ2) is 21.5. The van der Waals surface area contributed by atoms with Crippen LogP contribution in [0.4, 0.5) is 5.69 Å². The second-order valence-corrected chi connectivity index (χ2v) is 15.9. The molecule has 328 valence electrons. The van der Waals surface area contributed by atoms with Crippen molar-refractivity contribution in [1.82, 2.24) is 0 Å². The highest BCUT2D eigenvalue weighted by Gasteiger charge is 2.58. The maximum Gasteiger partial charge on any atom is 0.303 e. The molecule has 3 heterocycles. The Kier molecular flexibility index (Phi) is 16.2. The van der Waals surface area contributed by atoms with E-state index in [-0.39, 0.29) is 24.9 Å². The summed E-state index contributed by atoms with van der Waals surface area (Å²) in [7, 11) is 0. The van der Waals surface area contributed by atoms with E-state index in [0.717, 1.165) is 5.56 Å². The predicted molar refractivity (Wildman–Crippen MR) is 218 cm³/mol. The van der Waals surface area contributed by atoms with Crippen molar-refractivity contribution in [1.29, 1.82) is 0 Å². The number of fused-ring (bicyclic) bond motifs is 1. The van der Waals surface area contributed by atoms with Gasteiger partial charge in [0.1, 0.15) is 18.3 Å². The molecule has 18 heteroatoms. The molecule has 1 unspecified atom stereocenters. The molecule has 3 fully saturated rings. The minimum atomic E-state index is -1.50. The first-order chi connectivity index (χ1) is 29.2. The Bertz CT molecular complexity index is 1990. The predicted octanol–water partition coefficient (Wildman–Crippen LogP) is 5.42. The van der Waals surface area contributed by atoms with Crippen LogP contribution in [-0.4, -0.2) is 104 Å². The number of halogens is 1. The minimum absolute atomic E-state index is 0.0418. The van der Waals surface area contributed by atoms with Crippen molar-refractivity contribution in [3.05, 3.63) is 101 Å². The van der Waals surface area contributed by atoms with Crippen LogP contribution >= 0.6 is 23.4 Å². The molecule has 16 nitrogen and oxygen atoms in total. The van der Waals surface area contributed by atoms with Crippen molar-refractivity contribution in [2.24, 2.45) is 0 Å². The van der Waals surface area contributed by atoms with Gasteiger partial charge in [-0.1, -0.05) is 78.3 Å². The van der Waals surface area contributed by atoms with Crippen LogP contribution in [0.1, 0.15) is 57.6 Å². The Morgan fingerprint density at radius 3 is 1.93 bits per heavy atom. The molecule has 6 rings (SSSR count). The molecule has 3 aliphatic heterocycles. The number of hydrogen-bond donors (Lipinski definition) is 1. The van der Waals surface area contributed by atoms with Gasteiger partial charge in [-0.25, -0.2) is 0 Å². The number of ether oxygens (including phenoxy) is 10. The molecule has 3 aromatic rings. The number of carbonyl (C=O) groups is 5. The van der Waals surface area contributed by atoms with Crippen LogP contribution in [0.5, 0.6) is 0 Å². The first-order valence-corrected chi connectivity index (χ1v) is 21.1. The number of benzene rings is 3. The van der Waals surface area contributed by atoms with Crippen molar-refractivity contribution in [2.45, 2.75) is 115 Å². The molecule has 0 spiro atoms. The van der Waals surface area contributed by atoms with Crippen molar-refractivity contribution in [2.75, 3.05) is 17.7 Å². The molecule has 0 aliphatic carbocycles. The maximum absolute atomic E-state index is 12.9. The summed E-state index contributed by atoms with van der Waals surface area (Å²) < 4.78 is 61.7. The van der Waals surface area contributed by atoms with Crippen molar-refractivity contribution >= 4 is 58.8 Å². The Morgan fingerprint density at radius 2 is 1.30 bits per heavy atom. The standard InChI is InChI=1S/C43H48ClNO15S/c1-23(46)45-32-18-29(16-17-31(32)44)19-51-42-39(55-26(4)49)38(54-25(3)48)36(34(58-42)22-61-21-28-12-8-6-9-13-28)60-43-40(56-27(5)50)37(53-24(2)47)35-33(57-43)20-52-41(59-35)30-14-10-7-11-15-30/h6-18,33-43H,19-22H2,1-5H3,(H,45,46)/t33-,34-,35-,36-,37+,38+,39-,40-,41?,42-,43-/m1/s1. The van der Waals surface area contributed by atoms with Gasteiger partial charge in [0.15, 0.2) is 43.3 Å². The topological polar surface area (TPSA) is 190 Å². The van der Waals surface area contributed by atoms with Gasteiger partial charge in [-0.05, 0) is 23.3 Å². The van der Waals surface area contributed by atoms with Gasteiger partial charge in [-0.3, -0.25) is 24.0 Å². The van der Waals surface area contributed by atoms with E-state index in [9.17, 15) is 24.0 Å². The molecule has 61 heavy (non-hydrogen) atoms. The highest BCUT2D eigenvalue weighted by Crippen LogP contribution is 2.40. The summed E-state index contributed by atoms with van der Waals surface area (Å²) in [5, 5.41) is 2.97. The van der Waals surface area contributed by atoms with E-state index in [1.807, 2.05) is 60.7 Å². The van der Waals surface area contributed by atoms with Gasteiger partial charge >= 0.3 is 23.9 Å². The van der Waals surface area contributed by atoms with Gasteiger partial charge in [0, 0.05) is 51.7 Å². The van der Waals surface area contributed by atoms with Crippen LogP contribution in [0.25, 0.3) is 0 Å². The molecular weight excluding hydrogens is 838 g/mol. The number of amides is 1. The van der Waals surface area contributed by atoms with E-state index in [2.05, 4.69) is 5.32 Å². The van der Waals surface area contributed by atoms with Gasteiger partial charge in [-0.2, -0.15) is 11.8 Å². The summed E-state index contributed by atoms with van der Waals surface area (Å²) in [6.45, 7) is 5.93. The molecule has 1 N–H and O–H groups in total. The molecule has 0 radical (unpaired) electrons. The molecule has 3 saturated heterocycles. The summed E-state index contributed by atoms with van der Waals surface area (Å²) in [6.07, 6.45) is -13.3. The van der Waals surface area contributed by atoms with Crippen LogP contribution in [-0.2, 0) is 83.7 Å². The lowest BCUT2D eigenvalue weighted by Crippen LogP contribution is -2.67. The minimum Gasteiger partial charge on any atom is -0.455 e. The Morgan fingerprint density at radius 1 is 0.689 bits per heavy atom. The lowest BCUT2D eigenvalue weighted by Gasteiger charge is -2.50. The Balaban J connectivity index is 1.34. The number of thioether (sulfide) groups is 1. The SMILES string of the molecule is CC(=O)Nc1cc(CO[C@@H]2O[C@H](CSCc3ccccc3)[C@@H](O[C@H]3O[C@@H]4COC(c5ccccc5)O[C@H]4[C@H](OC(C)=O)[C@H]3OC(C)=O)[C@H](OC(C)=O)[C@H]2OC(C)=O)ccc1Cl. The average Bonchev–Trinajstić information content (AvgIpc) is 3.21. The van der Waals surface area contributed by atoms with E-state index in [1.54, 1.807) is 18.2 Å². The first-order valence-electron chi connectivity index (χ1n) is 19.5. The highest BCUT2D eigenvalue weighted by atomic mass is 35.5. The summed E-state index contributed by atoms with van der Waals surface area (Å²) in [4.78, 5) is 62.8. The number of nitrogens with one attached hydrogen (secondary N) is 1. The van der Waals surface area contributed by atoms with Crippen molar-refractivity contribution in [3.63, 3.8) is 0 Å². The fraction of sp³-hybridized carbons (Fsp3) is 0.465. The van der Waals surface area contributed by atoms with Crippen LogP contribution < -0.4 is 5.32 Å².